The van der Waals surface area contributed by atoms with Crippen molar-refractivity contribution < 1.29 is 9.53 Å². The second kappa shape index (κ2) is 7.04. The zero-order chi connectivity index (χ0) is 15.2. The SMILES string of the molecule is COC(=O)[C@H](C)NC(C)c1ccc(-c2ccccc2)cc1. The van der Waals surface area contributed by atoms with Crippen molar-refractivity contribution in [3.05, 3.63) is 60.2 Å². The Kier molecular flexibility index (Phi) is 5.12. The van der Waals surface area contributed by atoms with E-state index in [1.165, 1.54) is 18.2 Å². The van der Waals surface area contributed by atoms with Crippen LogP contribution in [0.2, 0.25) is 0 Å². The molecule has 0 spiro atoms. The maximum atomic E-state index is 11.4. The second-order valence-electron chi connectivity index (χ2n) is 5.12. The van der Waals surface area contributed by atoms with E-state index in [0.717, 1.165) is 5.56 Å². The van der Waals surface area contributed by atoms with E-state index in [0.29, 0.717) is 0 Å². The van der Waals surface area contributed by atoms with Crippen molar-refractivity contribution in [1.29, 1.82) is 0 Å². The third kappa shape index (κ3) is 3.92. The molecule has 0 aromatic heterocycles. The van der Waals surface area contributed by atoms with Gasteiger partial charge in [0.05, 0.1) is 7.11 Å². The van der Waals surface area contributed by atoms with Crippen molar-refractivity contribution in [2.75, 3.05) is 7.11 Å². The molecule has 0 heterocycles. The van der Waals surface area contributed by atoms with Crippen molar-refractivity contribution in [2.45, 2.75) is 25.9 Å². The van der Waals surface area contributed by atoms with Gasteiger partial charge in [-0.25, -0.2) is 0 Å². The molecule has 1 unspecified atom stereocenters. The summed E-state index contributed by atoms with van der Waals surface area (Å²) in [6, 6.07) is 18.4. The van der Waals surface area contributed by atoms with Crippen LogP contribution in [-0.2, 0) is 9.53 Å². The van der Waals surface area contributed by atoms with E-state index in [-0.39, 0.29) is 18.1 Å². The maximum absolute atomic E-state index is 11.4. The van der Waals surface area contributed by atoms with Gasteiger partial charge in [-0.3, -0.25) is 10.1 Å². The molecule has 110 valence electrons. The maximum Gasteiger partial charge on any atom is 0.322 e. The summed E-state index contributed by atoms with van der Waals surface area (Å²) in [6.07, 6.45) is 0. The smallest absolute Gasteiger partial charge is 0.322 e. The number of rotatable bonds is 5. The third-order valence-electron chi connectivity index (χ3n) is 3.57. The van der Waals surface area contributed by atoms with Crippen molar-refractivity contribution >= 4 is 5.97 Å². The minimum atomic E-state index is -0.321. The standard InChI is InChI=1S/C18H21NO2/c1-13(19-14(2)18(20)21-3)15-9-11-17(12-10-15)16-7-5-4-6-8-16/h4-14,19H,1-3H3/t13?,14-/m0/s1. The monoisotopic (exact) mass is 283 g/mol. The van der Waals surface area contributed by atoms with Crippen molar-refractivity contribution in [2.24, 2.45) is 0 Å². The average molecular weight is 283 g/mol. The number of carbonyl (C=O) groups is 1. The first-order valence-electron chi connectivity index (χ1n) is 7.11. The summed E-state index contributed by atoms with van der Waals surface area (Å²) >= 11 is 0. The van der Waals surface area contributed by atoms with Gasteiger partial charge in [-0.2, -0.15) is 0 Å². The number of ether oxygens (including phenoxy) is 1. The molecule has 0 aliphatic carbocycles. The zero-order valence-electron chi connectivity index (χ0n) is 12.7. The molecular formula is C18H21NO2. The Labute approximate surface area is 126 Å². The molecule has 21 heavy (non-hydrogen) atoms. The van der Waals surface area contributed by atoms with E-state index in [9.17, 15) is 4.79 Å². The molecule has 0 saturated heterocycles. The third-order valence-corrected chi connectivity index (χ3v) is 3.57. The van der Waals surface area contributed by atoms with Gasteiger partial charge in [0.1, 0.15) is 6.04 Å². The van der Waals surface area contributed by atoms with Crippen LogP contribution in [-0.4, -0.2) is 19.1 Å². The molecule has 2 atom stereocenters. The number of nitrogens with one attached hydrogen (secondary N) is 1. The lowest BCUT2D eigenvalue weighted by Gasteiger charge is -2.19. The quantitative estimate of drug-likeness (QED) is 0.853. The highest BCUT2D eigenvalue weighted by atomic mass is 16.5. The van der Waals surface area contributed by atoms with E-state index < -0.39 is 0 Å². The second-order valence-corrected chi connectivity index (χ2v) is 5.12. The molecule has 0 amide bonds. The van der Waals surface area contributed by atoms with Gasteiger partial charge in [-0.1, -0.05) is 54.6 Å². The summed E-state index contributed by atoms with van der Waals surface area (Å²) in [7, 11) is 1.40. The molecule has 2 aromatic carbocycles. The van der Waals surface area contributed by atoms with Gasteiger partial charge in [0.25, 0.3) is 0 Å². The molecule has 0 radical (unpaired) electrons. The van der Waals surface area contributed by atoms with Crippen molar-refractivity contribution in [3.8, 4) is 11.1 Å². The fourth-order valence-corrected chi connectivity index (χ4v) is 2.31. The number of hydrogen-bond donors (Lipinski definition) is 1. The lowest BCUT2D eigenvalue weighted by molar-refractivity contribution is -0.142. The molecule has 2 rings (SSSR count). The van der Waals surface area contributed by atoms with Crippen LogP contribution >= 0.6 is 0 Å². The van der Waals surface area contributed by atoms with Crippen molar-refractivity contribution in [1.82, 2.24) is 5.32 Å². The first kappa shape index (κ1) is 15.3. The molecule has 0 aliphatic heterocycles. The fraction of sp³-hybridized carbons (Fsp3) is 0.278. The van der Waals surface area contributed by atoms with Gasteiger partial charge in [0.15, 0.2) is 0 Å². The lowest BCUT2D eigenvalue weighted by Crippen LogP contribution is -2.36. The normalized spacial score (nSPS) is 13.5. The molecule has 3 nitrogen and oxygen atoms in total. The Balaban J connectivity index is 2.07. The van der Waals surface area contributed by atoms with Crippen LogP contribution in [0.25, 0.3) is 11.1 Å². The highest BCUT2D eigenvalue weighted by Crippen LogP contribution is 2.21. The van der Waals surface area contributed by atoms with Crippen LogP contribution in [0.4, 0.5) is 0 Å². The Hall–Kier alpha value is -2.13. The average Bonchev–Trinajstić information content (AvgIpc) is 2.55. The topological polar surface area (TPSA) is 38.3 Å². The summed E-state index contributed by atoms with van der Waals surface area (Å²) in [6.45, 7) is 3.84. The van der Waals surface area contributed by atoms with Gasteiger partial charge < -0.3 is 4.74 Å². The fourth-order valence-electron chi connectivity index (χ4n) is 2.31. The number of hydrogen-bond acceptors (Lipinski definition) is 3. The summed E-state index contributed by atoms with van der Waals surface area (Å²) in [5.74, 6) is -0.247. The van der Waals surface area contributed by atoms with Gasteiger partial charge in [-0.05, 0) is 30.5 Å². The van der Waals surface area contributed by atoms with E-state index in [1.54, 1.807) is 6.92 Å². The molecule has 1 N–H and O–H groups in total. The summed E-state index contributed by atoms with van der Waals surface area (Å²) in [4.78, 5) is 11.4. The lowest BCUT2D eigenvalue weighted by atomic mass is 10.0. The van der Waals surface area contributed by atoms with Crippen LogP contribution in [0.3, 0.4) is 0 Å². The van der Waals surface area contributed by atoms with E-state index in [4.69, 9.17) is 4.74 Å². The Morgan fingerprint density at radius 3 is 2.10 bits per heavy atom. The van der Waals surface area contributed by atoms with E-state index in [2.05, 4.69) is 41.7 Å². The minimum absolute atomic E-state index is 0.0870. The molecule has 0 aliphatic rings. The number of carbonyl (C=O) groups excluding carboxylic acids is 1. The number of esters is 1. The Bertz CT molecular complexity index is 578. The Morgan fingerprint density at radius 1 is 0.952 bits per heavy atom. The van der Waals surface area contributed by atoms with Crippen LogP contribution in [0.5, 0.6) is 0 Å². The largest absolute Gasteiger partial charge is 0.468 e. The molecule has 0 bridgehead atoms. The molecular weight excluding hydrogens is 262 g/mol. The minimum Gasteiger partial charge on any atom is -0.468 e. The number of methoxy groups -OCH3 is 1. The highest BCUT2D eigenvalue weighted by Gasteiger charge is 2.16. The van der Waals surface area contributed by atoms with E-state index in [1.807, 2.05) is 25.1 Å². The van der Waals surface area contributed by atoms with Crippen LogP contribution < -0.4 is 5.32 Å². The van der Waals surface area contributed by atoms with Gasteiger partial charge >= 0.3 is 5.97 Å². The molecule has 0 fully saturated rings. The molecule has 3 heteroatoms. The molecule has 2 aromatic rings. The van der Waals surface area contributed by atoms with Crippen LogP contribution in [0.1, 0.15) is 25.5 Å². The number of benzene rings is 2. The predicted molar refractivity (Wildman–Crippen MR) is 84.9 cm³/mol. The molecule has 0 saturated carbocycles. The highest BCUT2D eigenvalue weighted by molar-refractivity contribution is 5.75. The summed E-state index contributed by atoms with van der Waals surface area (Å²) in [5, 5.41) is 3.23. The van der Waals surface area contributed by atoms with Crippen molar-refractivity contribution in [3.63, 3.8) is 0 Å². The first-order chi connectivity index (χ1) is 10.1. The van der Waals surface area contributed by atoms with Gasteiger partial charge in [0.2, 0.25) is 0 Å². The zero-order valence-corrected chi connectivity index (χ0v) is 12.7. The van der Waals surface area contributed by atoms with E-state index >= 15 is 0 Å². The summed E-state index contributed by atoms with van der Waals surface area (Å²) in [5.41, 5.74) is 3.53. The van der Waals surface area contributed by atoms with Gasteiger partial charge in [0, 0.05) is 6.04 Å². The predicted octanol–water partition coefficient (Wildman–Crippen LogP) is 3.57. The summed E-state index contributed by atoms with van der Waals surface area (Å²) < 4.78 is 4.72. The van der Waals surface area contributed by atoms with Crippen LogP contribution in [0.15, 0.2) is 54.6 Å². The Morgan fingerprint density at radius 2 is 1.52 bits per heavy atom. The van der Waals surface area contributed by atoms with Gasteiger partial charge in [-0.15, -0.1) is 0 Å². The first-order valence-corrected chi connectivity index (χ1v) is 7.11. The van der Waals surface area contributed by atoms with Crippen LogP contribution in [0, 0.1) is 0 Å².